The van der Waals surface area contributed by atoms with Crippen LogP contribution < -0.4 is 5.32 Å². The first kappa shape index (κ1) is 12.2. The first-order valence-corrected chi connectivity index (χ1v) is 5.35. The Morgan fingerprint density at radius 2 is 2.27 bits per heavy atom. The Hall–Kier alpha value is -0.870. The molecule has 0 amide bonds. The van der Waals surface area contributed by atoms with Gasteiger partial charge >= 0.3 is 0 Å². The second kappa shape index (κ2) is 5.28. The Morgan fingerprint density at radius 3 is 2.87 bits per heavy atom. The van der Waals surface area contributed by atoms with Crippen molar-refractivity contribution in [3.8, 4) is 0 Å². The van der Waals surface area contributed by atoms with E-state index in [1.165, 1.54) is 5.69 Å². The van der Waals surface area contributed by atoms with E-state index in [-0.39, 0.29) is 5.60 Å². The maximum absolute atomic E-state index is 5.33. The van der Waals surface area contributed by atoms with Gasteiger partial charge in [0.2, 0.25) is 0 Å². The Labute approximate surface area is 91.6 Å². The van der Waals surface area contributed by atoms with Gasteiger partial charge in [0, 0.05) is 32.9 Å². The van der Waals surface area contributed by atoms with Crippen molar-refractivity contribution in [1.29, 1.82) is 0 Å². The summed E-state index contributed by atoms with van der Waals surface area (Å²) in [6.07, 6.45) is 1.84. The molecule has 0 spiro atoms. The van der Waals surface area contributed by atoms with E-state index in [0.717, 1.165) is 19.6 Å². The number of nitrogens with one attached hydrogen (secondary N) is 1. The highest BCUT2D eigenvalue weighted by atomic mass is 16.5. The van der Waals surface area contributed by atoms with Crippen LogP contribution in [0, 0.1) is 0 Å². The monoisotopic (exact) mass is 211 g/mol. The summed E-state index contributed by atoms with van der Waals surface area (Å²) in [6, 6.07) is 2.04. The molecular weight excluding hydrogens is 190 g/mol. The van der Waals surface area contributed by atoms with Crippen molar-refractivity contribution >= 4 is 0 Å². The first-order valence-electron chi connectivity index (χ1n) is 5.35. The van der Waals surface area contributed by atoms with Crippen LogP contribution in [0.15, 0.2) is 12.3 Å². The van der Waals surface area contributed by atoms with Gasteiger partial charge in [-0.2, -0.15) is 5.10 Å². The predicted octanol–water partition coefficient (Wildman–Crippen LogP) is 1.42. The van der Waals surface area contributed by atoms with Crippen LogP contribution in [-0.2, 0) is 17.8 Å². The van der Waals surface area contributed by atoms with Crippen LogP contribution in [0.4, 0.5) is 0 Å². The molecule has 0 radical (unpaired) electrons. The summed E-state index contributed by atoms with van der Waals surface area (Å²) >= 11 is 0. The second-order valence-corrected chi connectivity index (χ2v) is 4.21. The van der Waals surface area contributed by atoms with Crippen LogP contribution in [0.25, 0.3) is 0 Å². The summed E-state index contributed by atoms with van der Waals surface area (Å²) < 4.78 is 7.32. The van der Waals surface area contributed by atoms with Crippen molar-refractivity contribution < 1.29 is 4.74 Å². The van der Waals surface area contributed by atoms with Crippen LogP contribution in [0.5, 0.6) is 0 Å². The SMILES string of the molecule is CCn1nccc1CNCC(C)(C)OC. The summed E-state index contributed by atoms with van der Waals surface area (Å²) in [4.78, 5) is 0. The zero-order chi connectivity index (χ0) is 11.3. The lowest BCUT2D eigenvalue weighted by atomic mass is 10.1. The molecule has 1 aromatic rings. The van der Waals surface area contributed by atoms with Crippen molar-refractivity contribution in [2.24, 2.45) is 0 Å². The lowest BCUT2D eigenvalue weighted by molar-refractivity contribution is 0.0229. The fraction of sp³-hybridized carbons (Fsp3) is 0.727. The van der Waals surface area contributed by atoms with E-state index in [2.05, 4.69) is 31.2 Å². The zero-order valence-corrected chi connectivity index (χ0v) is 10.1. The lowest BCUT2D eigenvalue weighted by Crippen LogP contribution is -2.36. The van der Waals surface area contributed by atoms with Gasteiger partial charge in [0.25, 0.3) is 0 Å². The summed E-state index contributed by atoms with van der Waals surface area (Å²) in [7, 11) is 1.73. The largest absolute Gasteiger partial charge is 0.377 e. The molecule has 0 atom stereocenters. The molecular formula is C11H21N3O. The highest BCUT2D eigenvalue weighted by Crippen LogP contribution is 2.05. The van der Waals surface area contributed by atoms with Crippen molar-refractivity contribution in [2.45, 2.75) is 39.5 Å². The Bertz CT molecular complexity index is 294. The number of aromatic nitrogens is 2. The molecule has 0 saturated heterocycles. The molecule has 0 aliphatic rings. The fourth-order valence-corrected chi connectivity index (χ4v) is 1.36. The van der Waals surface area contributed by atoms with E-state index >= 15 is 0 Å². The summed E-state index contributed by atoms with van der Waals surface area (Å²) in [5.74, 6) is 0. The maximum atomic E-state index is 5.33. The average Bonchev–Trinajstić information content (AvgIpc) is 2.65. The molecule has 0 unspecified atom stereocenters. The molecule has 0 aliphatic carbocycles. The number of aryl methyl sites for hydroxylation is 1. The molecule has 0 aliphatic heterocycles. The van der Waals surface area contributed by atoms with Crippen LogP contribution >= 0.6 is 0 Å². The molecule has 1 rings (SSSR count). The van der Waals surface area contributed by atoms with Gasteiger partial charge in [-0.3, -0.25) is 4.68 Å². The number of hydrogen-bond acceptors (Lipinski definition) is 3. The zero-order valence-electron chi connectivity index (χ0n) is 10.1. The fourth-order valence-electron chi connectivity index (χ4n) is 1.36. The minimum Gasteiger partial charge on any atom is -0.377 e. The summed E-state index contributed by atoms with van der Waals surface area (Å²) in [5, 5.41) is 7.58. The van der Waals surface area contributed by atoms with Gasteiger partial charge in [-0.15, -0.1) is 0 Å². The molecule has 1 heterocycles. The Kier molecular flexibility index (Phi) is 4.29. The quantitative estimate of drug-likeness (QED) is 0.773. The Balaban J connectivity index is 2.38. The third-order valence-electron chi connectivity index (χ3n) is 2.51. The standard InChI is InChI=1S/C11H21N3O/c1-5-14-10(6-7-13-14)8-12-9-11(2,3)15-4/h6-7,12H,5,8-9H2,1-4H3. The van der Waals surface area contributed by atoms with Gasteiger partial charge < -0.3 is 10.1 Å². The molecule has 0 aromatic carbocycles. The van der Waals surface area contributed by atoms with Gasteiger partial charge in [0.05, 0.1) is 11.3 Å². The van der Waals surface area contributed by atoms with E-state index < -0.39 is 0 Å². The third kappa shape index (κ3) is 3.64. The van der Waals surface area contributed by atoms with E-state index in [0.29, 0.717) is 0 Å². The first-order chi connectivity index (χ1) is 7.09. The average molecular weight is 211 g/mol. The predicted molar refractivity (Wildman–Crippen MR) is 60.7 cm³/mol. The van der Waals surface area contributed by atoms with Gasteiger partial charge in [-0.05, 0) is 26.8 Å². The molecule has 4 heteroatoms. The number of ether oxygens (including phenoxy) is 1. The van der Waals surface area contributed by atoms with Crippen molar-refractivity contribution in [1.82, 2.24) is 15.1 Å². The van der Waals surface area contributed by atoms with Crippen LogP contribution in [0.1, 0.15) is 26.5 Å². The smallest absolute Gasteiger partial charge is 0.0746 e. The number of methoxy groups -OCH3 is 1. The van der Waals surface area contributed by atoms with Crippen molar-refractivity contribution in [3.05, 3.63) is 18.0 Å². The number of rotatable bonds is 6. The van der Waals surface area contributed by atoms with Gasteiger partial charge in [-0.25, -0.2) is 0 Å². The molecule has 86 valence electrons. The molecule has 4 nitrogen and oxygen atoms in total. The molecule has 1 aromatic heterocycles. The normalized spacial score (nSPS) is 12.0. The maximum Gasteiger partial charge on any atom is 0.0746 e. The molecule has 0 saturated carbocycles. The third-order valence-corrected chi connectivity index (χ3v) is 2.51. The van der Waals surface area contributed by atoms with E-state index in [1.807, 2.05) is 16.9 Å². The van der Waals surface area contributed by atoms with Crippen LogP contribution in [0.3, 0.4) is 0 Å². The minimum absolute atomic E-state index is 0.114. The van der Waals surface area contributed by atoms with Gasteiger partial charge in [-0.1, -0.05) is 0 Å². The van der Waals surface area contributed by atoms with E-state index in [9.17, 15) is 0 Å². The molecule has 15 heavy (non-hydrogen) atoms. The van der Waals surface area contributed by atoms with Crippen molar-refractivity contribution in [2.75, 3.05) is 13.7 Å². The topological polar surface area (TPSA) is 39.1 Å². The molecule has 0 bridgehead atoms. The van der Waals surface area contributed by atoms with Crippen molar-refractivity contribution in [3.63, 3.8) is 0 Å². The van der Waals surface area contributed by atoms with E-state index in [4.69, 9.17) is 4.74 Å². The van der Waals surface area contributed by atoms with Crippen LogP contribution in [-0.4, -0.2) is 29.0 Å². The van der Waals surface area contributed by atoms with Gasteiger partial charge in [0.1, 0.15) is 0 Å². The number of nitrogens with zero attached hydrogens (tertiary/aromatic N) is 2. The molecule has 0 fully saturated rings. The van der Waals surface area contributed by atoms with Crippen LogP contribution in [0.2, 0.25) is 0 Å². The van der Waals surface area contributed by atoms with Gasteiger partial charge in [0.15, 0.2) is 0 Å². The highest BCUT2D eigenvalue weighted by molar-refractivity contribution is 5.00. The minimum atomic E-state index is -0.114. The second-order valence-electron chi connectivity index (χ2n) is 4.21. The van der Waals surface area contributed by atoms with E-state index in [1.54, 1.807) is 7.11 Å². The Morgan fingerprint density at radius 1 is 1.53 bits per heavy atom. The summed E-state index contributed by atoms with van der Waals surface area (Å²) in [6.45, 7) is 8.81. The highest BCUT2D eigenvalue weighted by Gasteiger charge is 2.15. The summed E-state index contributed by atoms with van der Waals surface area (Å²) in [5.41, 5.74) is 1.10. The number of hydrogen-bond donors (Lipinski definition) is 1. The lowest BCUT2D eigenvalue weighted by Gasteiger charge is -2.23. The molecule has 1 N–H and O–H groups in total.